The standard InChI is InChI=1S/C6H6O2/c1-4-3-5(4)6(7)8-2/h3H,1H2,2H3. The largest absolute Gasteiger partial charge is 0.465 e. The molecule has 1 rings (SSSR count). The Morgan fingerprint density at radius 1 is 1.88 bits per heavy atom. The molecule has 0 radical (unpaired) electrons. The van der Waals surface area contributed by atoms with Crippen molar-refractivity contribution in [3.05, 3.63) is 23.8 Å². The molecule has 42 valence electrons. The highest BCUT2D eigenvalue weighted by molar-refractivity contribution is 6.01. The summed E-state index contributed by atoms with van der Waals surface area (Å²) in [7, 11) is 1.36. The van der Waals surface area contributed by atoms with Gasteiger partial charge in [0.25, 0.3) is 0 Å². The first-order chi connectivity index (χ1) is 3.75. The number of carbonyl (C=O) groups is 1. The molecule has 0 N–H and O–H groups in total. The average Bonchev–Trinajstić information content (AvgIpc) is 2.45. The number of methoxy groups -OCH3 is 1. The minimum atomic E-state index is -0.282. The quantitative estimate of drug-likeness (QED) is 0.463. The van der Waals surface area contributed by atoms with Gasteiger partial charge in [0.15, 0.2) is 0 Å². The Morgan fingerprint density at radius 3 is 2.50 bits per heavy atom. The molecule has 0 bridgehead atoms. The SMILES string of the molecule is C=C1C=C1C(=O)OC. The summed E-state index contributed by atoms with van der Waals surface area (Å²) >= 11 is 0. The van der Waals surface area contributed by atoms with E-state index in [1.165, 1.54) is 7.11 Å². The summed E-state index contributed by atoms with van der Waals surface area (Å²) < 4.78 is 4.38. The van der Waals surface area contributed by atoms with Crippen molar-refractivity contribution in [1.82, 2.24) is 0 Å². The van der Waals surface area contributed by atoms with E-state index in [9.17, 15) is 4.79 Å². The highest BCUT2D eigenvalue weighted by atomic mass is 16.5. The fourth-order valence-electron chi connectivity index (χ4n) is 0.438. The smallest absolute Gasteiger partial charge is 0.338 e. The van der Waals surface area contributed by atoms with Gasteiger partial charge in [0.2, 0.25) is 0 Å². The van der Waals surface area contributed by atoms with E-state index in [2.05, 4.69) is 11.3 Å². The van der Waals surface area contributed by atoms with Crippen molar-refractivity contribution in [2.75, 3.05) is 7.11 Å². The summed E-state index contributed by atoms with van der Waals surface area (Å²) in [5.41, 5.74) is 1.41. The van der Waals surface area contributed by atoms with Crippen LogP contribution in [0.3, 0.4) is 0 Å². The Morgan fingerprint density at radius 2 is 2.38 bits per heavy atom. The topological polar surface area (TPSA) is 26.3 Å². The van der Waals surface area contributed by atoms with Gasteiger partial charge in [-0.1, -0.05) is 6.58 Å². The molecule has 1 aliphatic rings. The first-order valence-electron chi connectivity index (χ1n) is 2.25. The number of carbonyl (C=O) groups excluding carboxylic acids is 1. The predicted octanol–water partition coefficient (Wildman–Crippen LogP) is 0.656. The Labute approximate surface area is 47.5 Å². The molecule has 0 spiro atoms. The molecule has 0 aromatic heterocycles. The molecule has 0 unspecified atom stereocenters. The molecule has 0 fully saturated rings. The first-order valence-corrected chi connectivity index (χ1v) is 2.25. The van der Waals surface area contributed by atoms with Crippen LogP contribution in [0.5, 0.6) is 0 Å². The van der Waals surface area contributed by atoms with Crippen molar-refractivity contribution in [2.45, 2.75) is 0 Å². The zero-order valence-electron chi connectivity index (χ0n) is 4.60. The van der Waals surface area contributed by atoms with Gasteiger partial charge in [-0.05, 0) is 11.6 Å². The zero-order chi connectivity index (χ0) is 6.15. The Bertz CT molecular complexity index is 177. The maximum Gasteiger partial charge on any atom is 0.338 e. The van der Waals surface area contributed by atoms with Crippen LogP contribution < -0.4 is 0 Å². The van der Waals surface area contributed by atoms with Gasteiger partial charge < -0.3 is 4.74 Å². The van der Waals surface area contributed by atoms with Crippen LogP contribution in [-0.4, -0.2) is 13.1 Å². The van der Waals surface area contributed by atoms with Crippen LogP contribution in [-0.2, 0) is 9.53 Å². The Balaban J connectivity index is 2.51. The lowest BCUT2D eigenvalue weighted by Gasteiger charge is -1.87. The first kappa shape index (κ1) is 5.09. The van der Waals surface area contributed by atoms with Crippen molar-refractivity contribution in [3.63, 3.8) is 0 Å². The summed E-state index contributed by atoms with van der Waals surface area (Å²) in [4.78, 5) is 10.4. The monoisotopic (exact) mass is 110 g/mol. The van der Waals surface area contributed by atoms with Crippen LogP contribution in [0.2, 0.25) is 0 Å². The van der Waals surface area contributed by atoms with Crippen LogP contribution in [0.25, 0.3) is 0 Å². The molecule has 0 aromatic carbocycles. The van der Waals surface area contributed by atoms with Crippen molar-refractivity contribution in [1.29, 1.82) is 0 Å². The molecule has 0 aliphatic heterocycles. The number of rotatable bonds is 1. The molecule has 0 atom stereocenters. The van der Waals surface area contributed by atoms with E-state index >= 15 is 0 Å². The van der Waals surface area contributed by atoms with Crippen LogP contribution >= 0.6 is 0 Å². The van der Waals surface area contributed by atoms with Gasteiger partial charge in [0.05, 0.1) is 12.7 Å². The summed E-state index contributed by atoms with van der Waals surface area (Å²) in [6, 6.07) is 0. The van der Waals surface area contributed by atoms with E-state index in [0.29, 0.717) is 5.57 Å². The molecule has 0 saturated heterocycles. The minimum absolute atomic E-state index is 0.282. The van der Waals surface area contributed by atoms with Crippen molar-refractivity contribution in [3.8, 4) is 0 Å². The summed E-state index contributed by atoms with van der Waals surface area (Å²) in [5, 5.41) is 0. The van der Waals surface area contributed by atoms with Crippen LogP contribution in [0.15, 0.2) is 23.8 Å². The second-order valence-corrected chi connectivity index (χ2v) is 1.57. The maximum absolute atomic E-state index is 10.4. The predicted molar refractivity (Wildman–Crippen MR) is 29.2 cm³/mol. The van der Waals surface area contributed by atoms with E-state index in [4.69, 9.17) is 0 Å². The minimum Gasteiger partial charge on any atom is -0.465 e. The summed E-state index contributed by atoms with van der Waals surface area (Å²) in [6.07, 6.45) is 1.69. The van der Waals surface area contributed by atoms with Gasteiger partial charge in [-0.2, -0.15) is 0 Å². The van der Waals surface area contributed by atoms with Crippen LogP contribution in [0.1, 0.15) is 0 Å². The second-order valence-electron chi connectivity index (χ2n) is 1.57. The number of hydrogen-bond donors (Lipinski definition) is 0. The van der Waals surface area contributed by atoms with E-state index in [0.717, 1.165) is 5.57 Å². The van der Waals surface area contributed by atoms with E-state index < -0.39 is 0 Å². The molecule has 0 aromatic rings. The van der Waals surface area contributed by atoms with Crippen molar-refractivity contribution in [2.24, 2.45) is 0 Å². The van der Waals surface area contributed by atoms with Gasteiger partial charge in [-0.15, -0.1) is 0 Å². The van der Waals surface area contributed by atoms with Crippen molar-refractivity contribution >= 4 is 5.97 Å². The van der Waals surface area contributed by atoms with Gasteiger partial charge >= 0.3 is 5.97 Å². The summed E-state index contributed by atoms with van der Waals surface area (Å²) in [6.45, 7) is 3.52. The lowest BCUT2D eigenvalue weighted by molar-refractivity contribution is -0.135. The number of ether oxygens (including phenoxy) is 1. The molecule has 2 heteroatoms. The van der Waals surface area contributed by atoms with Crippen LogP contribution in [0, 0.1) is 0 Å². The van der Waals surface area contributed by atoms with Crippen LogP contribution in [0.4, 0.5) is 0 Å². The van der Waals surface area contributed by atoms with Gasteiger partial charge in [0, 0.05) is 0 Å². The number of allylic oxidation sites excluding steroid dienone is 1. The number of esters is 1. The average molecular weight is 110 g/mol. The van der Waals surface area contributed by atoms with Crippen molar-refractivity contribution < 1.29 is 9.53 Å². The van der Waals surface area contributed by atoms with E-state index in [-0.39, 0.29) is 5.97 Å². The third-order valence-corrected chi connectivity index (χ3v) is 0.986. The van der Waals surface area contributed by atoms with Gasteiger partial charge in [-0.3, -0.25) is 0 Å². The fourth-order valence-corrected chi connectivity index (χ4v) is 0.438. The highest BCUT2D eigenvalue weighted by Crippen LogP contribution is 2.25. The zero-order valence-corrected chi connectivity index (χ0v) is 4.60. The lowest BCUT2D eigenvalue weighted by atomic mass is 10.4. The molecule has 0 amide bonds. The Kier molecular flexibility index (Phi) is 0.938. The molecular weight excluding hydrogens is 104 g/mol. The maximum atomic E-state index is 10.4. The molecule has 0 saturated carbocycles. The van der Waals surface area contributed by atoms with E-state index in [1.54, 1.807) is 6.08 Å². The molecule has 8 heavy (non-hydrogen) atoms. The molecule has 2 nitrogen and oxygen atoms in total. The number of hydrogen-bond acceptors (Lipinski definition) is 2. The normalized spacial score (nSPS) is 15.1. The molecule has 1 aliphatic carbocycles. The van der Waals surface area contributed by atoms with Gasteiger partial charge in [-0.25, -0.2) is 4.79 Å². The summed E-state index contributed by atoms with van der Waals surface area (Å²) in [5.74, 6) is -0.282. The third-order valence-electron chi connectivity index (χ3n) is 0.986. The lowest BCUT2D eigenvalue weighted by Crippen LogP contribution is -1.96. The molecular formula is C6H6O2. The van der Waals surface area contributed by atoms with E-state index in [1.807, 2.05) is 0 Å². The van der Waals surface area contributed by atoms with Gasteiger partial charge in [0.1, 0.15) is 0 Å². The highest BCUT2D eigenvalue weighted by Gasteiger charge is 2.21. The second kappa shape index (κ2) is 1.47. The third kappa shape index (κ3) is 0.644. The fraction of sp³-hybridized carbons (Fsp3) is 0.167. The molecule has 0 heterocycles. The Hall–Kier alpha value is -1.05.